The summed E-state index contributed by atoms with van der Waals surface area (Å²) in [7, 11) is 1.25. The first-order valence-electron chi connectivity index (χ1n) is 4.19. The van der Waals surface area contributed by atoms with Crippen LogP contribution < -0.4 is 4.74 Å². The maximum Gasteiger partial charge on any atom is 0.337 e. The van der Waals surface area contributed by atoms with Gasteiger partial charge in [-0.05, 0) is 6.07 Å². The molecule has 0 bridgehead atoms. The summed E-state index contributed by atoms with van der Waals surface area (Å²) in [4.78, 5) is 10.5. The highest BCUT2D eigenvalue weighted by molar-refractivity contribution is 5.74. The molecule has 16 heavy (non-hydrogen) atoms. The van der Waals surface area contributed by atoms with Crippen LogP contribution in [-0.4, -0.2) is 23.3 Å². The monoisotopic (exact) mass is 225 g/mol. The van der Waals surface area contributed by atoms with E-state index in [1.165, 1.54) is 7.11 Å². The van der Waals surface area contributed by atoms with Gasteiger partial charge in [-0.25, -0.2) is 9.18 Å². The Morgan fingerprint density at radius 1 is 1.62 bits per heavy atom. The van der Waals surface area contributed by atoms with Gasteiger partial charge in [0.2, 0.25) is 0 Å². The first-order chi connectivity index (χ1) is 7.51. The third kappa shape index (κ3) is 2.10. The van der Waals surface area contributed by atoms with Gasteiger partial charge < -0.3 is 14.9 Å². The van der Waals surface area contributed by atoms with Gasteiger partial charge in [-0.15, -0.1) is 0 Å². The van der Waals surface area contributed by atoms with Crippen molar-refractivity contribution in [1.82, 2.24) is 0 Å². The van der Waals surface area contributed by atoms with Crippen LogP contribution in [0.1, 0.15) is 17.2 Å². The Hall–Kier alpha value is -2.13. The van der Waals surface area contributed by atoms with Crippen molar-refractivity contribution < 1.29 is 24.1 Å². The van der Waals surface area contributed by atoms with Crippen molar-refractivity contribution in [3.63, 3.8) is 0 Å². The molecule has 1 unspecified atom stereocenters. The minimum Gasteiger partial charge on any atom is -0.495 e. The number of nitrogens with zero attached hydrogens (tertiary/aromatic N) is 1. The Morgan fingerprint density at radius 2 is 2.25 bits per heavy atom. The fraction of sp³-hybridized carbons (Fsp3) is 0.200. The van der Waals surface area contributed by atoms with Crippen molar-refractivity contribution in [2.45, 2.75) is 6.10 Å². The van der Waals surface area contributed by atoms with Crippen molar-refractivity contribution in [2.24, 2.45) is 0 Å². The molecule has 1 rings (SSSR count). The molecule has 0 spiro atoms. The van der Waals surface area contributed by atoms with E-state index in [1.54, 1.807) is 6.07 Å². The highest BCUT2D eigenvalue weighted by atomic mass is 19.1. The molecule has 0 saturated carbocycles. The molecule has 0 heterocycles. The van der Waals surface area contributed by atoms with Crippen molar-refractivity contribution in [3.05, 3.63) is 29.1 Å². The lowest BCUT2D eigenvalue weighted by Gasteiger charge is -2.10. The van der Waals surface area contributed by atoms with Crippen LogP contribution in [0.4, 0.5) is 4.39 Å². The molecule has 0 aliphatic rings. The molecular weight excluding hydrogens is 217 g/mol. The summed E-state index contributed by atoms with van der Waals surface area (Å²) in [6.45, 7) is 0. The number of benzene rings is 1. The molecule has 0 amide bonds. The molecule has 0 radical (unpaired) electrons. The molecule has 0 saturated heterocycles. The highest BCUT2D eigenvalue weighted by Crippen LogP contribution is 2.26. The number of methoxy groups -OCH3 is 1. The minimum absolute atomic E-state index is 0.0126. The Bertz CT molecular complexity index is 467. The van der Waals surface area contributed by atoms with Gasteiger partial charge >= 0.3 is 5.97 Å². The zero-order valence-electron chi connectivity index (χ0n) is 8.27. The van der Waals surface area contributed by atoms with Crippen molar-refractivity contribution >= 4 is 5.97 Å². The number of hydrogen-bond donors (Lipinski definition) is 2. The van der Waals surface area contributed by atoms with E-state index in [1.807, 2.05) is 0 Å². The number of ether oxygens (including phenoxy) is 1. The minimum atomic E-state index is -2.00. The summed E-state index contributed by atoms with van der Waals surface area (Å²) in [5.41, 5.74) is -0.510. The molecule has 1 aromatic carbocycles. The predicted octanol–water partition coefficient (Wildman–Crippen LogP) is 0.824. The van der Waals surface area contributed by atoms with Gasteiger partial charge in [0.05, 0.1) is 12.7 Å². The fourth-order valence-corrected chi connectivity index (χ4v) is 1.17. The van der Waals surface area contributed by atoms with Gasteiger partial charge in [0.25, 0.3) is 0 Å². The number of aliphatic hydroxyl groups is 1. The molecule has 0 aromatic heterocycles. The van der Waals surface area contributed by atoms with E-state index in [-0.39, 0.29) is 11.3 Å². The van der Waals surface area contributed by atoms with Crippen molar-refractivity contribution in [2.75, 3.05) is 7.11 Å². The number of hydrogen-bond acceptors (Lipinski definition) is 4. The van der Waals surface area contributed by atoms with Gasteiger partial charge in [-0.3, -0.25) is 0 Å². The summed E-state index contributed by atoms with van der Waals surface area (Å²) in [6.07, 6.45) is -2.00. The number of rotatable bonds is 3. The molecule has 84 valence electrons. The van der Waals surface area contributed by atoms with Crippen molar-refractivity contribution in [1.29, 1.82) is 5.26 Å². The third-order valence-corrected chi connectivity index (χ3v) is 1.97. The normalized spacial score (nSPS) is 11.6. The van der Waals surface area contributed by atoms with Crippen molar-refractivity contribution in [3.8, 4) is 11.8 Å². The Morgan fingerprint density at radius 3 is 2.69 bits per heavy atom. The lowest BCUT2D eigenvalue weighted by Crippen LogP contribution is -2.12. The molecule has 5 nitrogen and oxygen atoms in total. The predicted molar refractivity (Wildman–Crippen MR) is 50.3 cm³/mol. The quantitative estimate of drug-likeness (QED) is 0.794. The van der Waals surface area contributed by atoms with E-state index in [9.17, 15) is 14.3 Å². The van der Waals surface area contributed by atoms with Crippen LogP contribution >= 0.6 is 0 Å². The largest absolute Gasteiger partial charge is 0.495 e. The average Bonchev–Trinajstić information content (AvgIpc) is 2.27. The maximum absolute atomic E-state index is 13.4. The molecule has 1 aromatic rings. The number of carboxylic acids is 1. The van der Waals surface area contributed by atoms with Gasteiger partial charge in [0, 0.05) is 11.6 Å². The number of carboxylic acid groups (broad SMARTS) is 1. The van der Waals surface area contributed by atoms with Crippen LogP contribution in [0.5, 0.6) is 5.75 Å². The van der Waals surface area contributed by atoms with E-state index in [0.29, 0.717) is 0 Å². The van der Waals surface area contributed by atoms with Gasteiger partial charge in [0.1, 0.15) is 17.6 Å². The second-order valence-corrected chi connectivity index (χ2v) is 2.93. The van der Waals surface area contributed by atoms with E-state index in [0.717, 1.165) is 12.1 Å². The number of nitriles is 1. The zero-order valence-corrected chi connectivity index (χ0v) is 8.27. The first kappa shape index (κ1) is 11.9. The van der Waals surface area contributed by atoms with Gasteiger partial charge in [-0.1, -0.05) is 0 Å². The zero-order chi connectivity index (χ0) is 12.3. The Balaban J connectivity index is 3.33. The fourth-order valence-electron chi connectivity index (χ4n) is 1.17. The highest BCUT2D eigenvalue weighted by Gasteiger charge is 2.22. The second-order valence-electron chi connectivity index (χ2n) is 2.93. The van der Waals surface area contributed by atoms with Crippen LogP contribution in [0.3, 0.4) is 0 Å². The van der Waals surface area contributed by atoms with Crippen LogP contribution in [0, 0.1) is 17.1 Å². The average molecular weight is 225 g/mol. The van der Waals surface area contributed by atoms with Crippen LogP contribution in [0.15, 0.2) is 12.1 Å². The molecule has 0 aliphatic carbocycles. The lowest BCUT2D eigenvalue weighted by atomic mass is 10.0. The van der Waals surface area contributed by atoms with Crippen LogP contribution in [-0.2, 0) is 4.79 Å². The maximum atomic E-state index is 13.4. The molecule has 1 atom stereocenters. The topological polar surface area (TPSA) is 90.6 Å². The van der Waals surface area contributed by atoms with E-state index in [2.05, 4.69) is 0 Å². The number of halogens is 1. The summed E-state index contributed by atoms with van der Waals surface area (Å²) in [6, 6.07) is 3.52. The summed E-state index contributed by atoms with van der Waals surface area (Å²) < 4.78 is 18.1. The molecule has 2 N–H and O–H groups in total. The SMILES string of the molecule is COc1cc(F)c(C(O)C(=O)O)cc1C#N. The summed E-state index contributed by atoms with van der Waals surface area (Å²) in [5, 5.41) is 26.4. The third-order valence-electron chi connectivity index (χ3n) is 1.97. The summed E-state index contributed by atoms with van der Waals surface area (Å²) in [5.74, 6) is -2.54. The standard InChI is InChI=1S/C10H8FNO4/c1-16-8-3-7(11)6(2-5(8)4-12)9(13)10(14)15/h2-3,9,13H,1H3,(H,14,15). The van der Waals surface area contributed by atoms with Gasteiger partial charge in [-0.2, -0.15) is 5.26 Å². The van der Waals surface area contributed by atoms with E-state index in [4.69, 9.17) is 15.1 Å². The number of carbonyl (C=O) groups is 1. The van der Waals surface area contributed by atoms with E-state index < -0.39 is 23.5 Å². The number of aliphatic hydroxyl groups excluding tert-OH is 1. The second kappa shape index (κ2) is 4.59. The Labute approximate surface area is 90.3 Å². The molecule has 6 heteroatoms. The van der Waals surface area contributed by atoms with Gasteiger partial charge in [0.15, 0.2) is 6.10 Å². The van der Waals surface area contributed by atoms with E-state index >= 15 is 0 Å². The molecule has 0 fully saturated rings. The van der Waals surface area contributed by atoms with Crippen LogP contribution in [0.25, 0.3) is 0 Å². The smallest absolute Gasteiger partial charge is 0.337 e. The Kier molecular flexibility index (Phi) is 3.43. The molecule has 0 aliphatic heterocycles. The number of aliphatic carboxylic acids is 1. The first-order valence-corrected chi connectivity index (χ1v) is 4.19. The molecular formula is C10H8FNO4. The van der Waals surface area contributed by atoms with Crippen LogP contribution in [0.2, 0.25) is 0 Å². The lowest BCUT2D eigenvalue weighted by molar-refractivity contribution is -0.147. The summed E-state index contributed by atoms with van der Waals surface area (Å²) >= 11 is 0.